The highest BCUT2D eigenvalue weighted by Crippen LogP contribution is 2.16. The maximum Gasteiger partial charge on any atom is 0.191 e. The summed E-state index contributed by atoms with van der Waals surface area (Å²) >= 11 is 1.68. The van der Waals surface area contributed by atoms with Crippen LogP contribution in [0.5, 0.6) is 0 Å². The van der Waals surface area contributed by atoms with Crippen molar-refractivity contribution in [2.45, 2.75) is 45.4 Å². The number of aromatic nitrogens is 3. The normalized spacial score (nSPS) is 11.4. The van der Waals surface area contributed by atoms with Crippen molar-refractivity contribution in [3.63, 3.8) is 0 Å². The van der Waals surface area contributed by atoms with Gasteiger partial charge in [-0.05, 0) is 19.3 Å². The minimum Gasteiger partial charge on any atom is -0.381 e. The van der Waals surface area contributed by atoms with Crippen molar-refractivity contribution in [1.29, 1.82) is 0 Å². The predicted octanol–water partition coefficient (Wildman–Crippen LogP) is 1.91. The zero-order chi connectivity index (χ0) is 13.4. The van der Waals surface area contributed by atoms with Crippen LogP contribution in [0.3, 0.4) is 0 Å². The molecule has 0 aliphatic rings. The highest BCUT2D eigenvalue weighted by atomic mass is 32.2. The molecule has 6 heteroatoms. The van der Waals surface area contributed by atoms with E-state index in [-0.39, 0.29) is 0 Å². The zero-order valence-corrected chi connectivity index (χ0v) is 12.4. The lowest BCUT2D eigenvalue weighted by atomic mass is 10.1. The van der Waals surface area contributed by atoms with E-state index >= 15 is 0 Å². The third-order valence-electron chi connectivity index (χ3n) is 2.59. The molecule has 0 saturated heterocycles. The zero-order valence-electron chi connectivity index (χ0n) is 11.6. The standard InChI is InChI=1S/C12H24N4OS/c1-4-16-11(9-13)14-15-12(16)18-8-7-17-6-5-10(2)3/h10H,4-9,13H2,1-3H3. The first-order chi connectivity index (χ1) is 8.69. The monoisotopic (exact) mass is 272 g/mol. The van der Waals surface area contributed by atoms with Crippen molar-refractivity contribution < 1.29 is 4.74 Å². The Kier molecular flexibility index (Phi) is 7.31. The molecule has 1 aromatic heterocycles. The Morgan fingerprint density at radius 1 is 1.33 bits per heavy atom. The van der Waals surface area contributed by atoms with Gasteiger partial charge in [0.2, 0.25) is 0 Å². The van der Waals surface area contributed by atoms with Crippen molar-refractivity contribution in [1.82, 2.24) is 14.8 Å². The number of ether oxygens (including phenoxy) is 1. The fraction of sp³-hybridized carbons (Fsp3) is 0.833. The summed E-state index contributed by atoms with van der Waals surface area (Å²) in [6.07, 6.45) is 1.12. The smallest absolute Gasteiger partial charge is 0.191 e. The van der Waals surface area contributed by atoms with E-state index in [2.05, 4.69) is 35.5 Å². The third-order valence-corrected chi connectivity index (χ3v) is 3.52. The Bertz CT molecular complexity index is 341. The molecule has 5 nitrogen and oxygen atoms in total. The molecule has 18 heavy (non-hydrogen) atoms. The first kappa shape index (κ1) is 15.5. The number of nitrogens with two attached hydrogens (primary N) is 1. The molecule has 1 rings (SSSR count). The second-order valence-corrected chi connectivity index (χ2v) is 5.55. The molecule has 0 atom stereocenters. The molecule has 1 aromatic rings. The van der Waals surface area contributed by atoms with Gasteiger partial charge in [-0.2, -0.15) is 0 Å². The Hall–Kier alpha value is -0.590. The summed E-state index contributed by atoms with van der Waals surface area (Å²) in [5, 5.41) is 9.15. The molecule has 0 fully saturated rings. The predicted molar refractivity (Wildman–Crippen MR) is 74.6 cm³/mol. The molecule has 0 spiro atoms. The Labute approximate surface area is 113 Å². The van der Waals surface area contributed by atoms with Crippen molar-refractivity contribution in [2.24, 2.45) is 11.7 Å². The first-order valence-electron chi connectivity index (χ1n) is 6.51. The molecular weight excluding hydrogens is 248 g/mol. The average Bonchev–Trinajstić information content (AvgIpc) is 2.75. The van der Waals surface area contributed by atoms with Crippen LogP contribution in [0, 0.1) is 5.92 Å². The lowest BCUT2D eigenvalue weighted by Gasteiger charge is -2.07. The van der Waals surface area contributed by atoms with Crippen LogP contribution in [-0.2, 0) is 17.8 Å². The molecule has 0 bridgehead atoms. The van der Waals surface area contributed by atoms with Gasteiger partial charge in [-0.15, -0.1) is 10.2 Å². The van der Waals surface area contributed by atoms with E-state index in [0.717, 1.165) is 42.9 Å². The molecule has 0 amide bonds. The van der Waals surface area contributed by atoms with E-state index in [0.29, 0.717) is 12.5 Å². The lowest BCUT2D eigenvalue weighted by molar-refractivity contribution is 0.138. The van der Waals surface area contributed by atoms with Crippen LogP contribution in [0.2, 0.25) is 0 Å². The SMILES string of the molecule is CCn1c(CN)nnc1SCCOCCC(C)C. The second kappa shape index (κ2) is 8.50. The van der Waals surface area contributed by atoms with Crippen LogP contribution in [0.1, 0.15) is 33.0 Å². The highest BCUT2D eigenvalue weighted by Gasteiger charge is 2.09. The molecule has 0 saturated carbocycles. The van der Waals surface area contributed by atoms with Gasteiger partial charge in [0.05, 0.1) is 13.2 Å². The quantitative estimate of drug-likeness (QED) is 0.549. The number of rotatable bonds is 9. The summed E-state index contributed by atoms with van der Waals surface area (Å²) in [4.78, 5) is 0. The topological polar surface area (TPSA) is 66.0 Å². The largest absolute Gasteiger partial charge is 0.381 e. The van der Waals surface area contributed by atoms with Crippen LogP contribution in [0.25, 0.3) is 0 Å². The maximum absolute atomic E-state index is 5.60. The molecule has 0 aliphatic heterocycles. The summed E-state index contributed by atoms with van der Waals surface area (Å²) in [5.41, 5.74) is 5.60. The van der Waals surface area contributed by atoms with E-state index in [1.165, 1.54) is 0 Å². The third kappa shape index (κ3) is 4.96. The van der Waals surface area contributed by atoms with E-state index in [4.69, 9.17) is 10.5 Å². The van der Waals surface area contributed by atoms with Gasteiger partial charge in [-0.3, -0.25) is 0 Å². The van der Waals surface area contributed by atoms with Crippen molar-refractivity contribution in [3.8, 4) is 0 Å². The summed E-state index contributed by atoms with van der Waals surface area (Å²) in [6.45, 7) is 9.37. The van der Waals surface area contributed by atoms with E-state index < -0.39 is 0 Å². The lowest BCUT2D eigenvalue weighted by Crippen LogP contribution is -2.08. The molecule has 2 N–H and O–H groups in total. The van der Waals surface area contributed by atoms with Crippen molar-refractivity contribution in [3.05, 3.63) is 5.82 Å². The second-order valence-electron chi connectivity index (χ2n) is 4.49. The summed E-state index contributed by atoms with van der Waals surface area (Å²) in [5.74, 6) is 2.45. The van der Waals surface area contributed by atoms with Crippen LogP contribution < -0.4 is 5.73 Å². The van der Waals surface area contributed by atoms with Gasteiger partial charge in [0.25, 0.3) is 0 Å². The fourth-order valence-electron chi connectivity index (χ4n) is 1.51. The Balaban J connectivity index is 2.25. The van der Waals surface area contributed by atoms with Crippen LogP contribution in [0.4, 0.5) is 0 Å². The van der Waals surface area contributed by atoms with Gasteiger partial charge in [-0.25, -0.2) is 0 Å². The Morgan fingerprint density at radius 3 is 2.72 bits per heavy atom. The summed E-state index contributed by atoms with van der Waals surface area (Å²) in [7, 11) is 0. The maximum atomic E-state index is 5.60. The molecule has 0 unspecified atom stereocenters. The molecule has 104 valence electrons. The van der Waals surface area contributed by atoms with Crippen molar-refractivity contribution >= 4 is 11.8 Å². The first-order valence-corrected chi connectivity index (χ1v) is 7.50. The van der Waals surface area contributed by atoms with Gasteiger partial charge in [0.1, 0.15) is 5.82 Å². The molecule has 0 aromatic carbocycles. The number of hydrogen-bond acceptors (Lipinski definition) is 5. The van der Waals surface area contributed by atoms with Gasteiger partial charge < -0.3 is 15.0 Å². The van der Waals surface area contributed by atoms with Crippen molar-refractivity contribution in [2.75, 3.05) is 19.0 Å². The van der Waals surface area contributed by atoms with E-state index in [9.17, 15) is 0 Å². The summed E-state index contributed by atoms with van der Waals surface area (Å²) < 4.78 is 7.62. The molecule has 0 radical (unpaired) electrons. The van der Waals surface area contributed by atoms with E-state index in [1.54, 1.807) is 11.8 Å². The number of thioether (sulfide) groups is 1. The number of nitrogens with zero attached hydrogens (tertiary/aromatic N) is 3. The van der Waals surface area contributed by atoms with Crippen LogP contribution >= 0.6 is 11.8 Å². The molecule has 0 aliphatic carbocycles. The summed E-state index contributed by atoms with van der Waals surface area (Å²) in [6, 6.07) is 0. The van der Waals surface area contributed by atoms with Crippen LogP contribution in [-0.4, -0.2) is 33.7 Å². The van der Waals surface area contributed by atoms with Gasteiger partial charge in [0.15, 0.2) is 5.16 Å². The fourth-order valence-corrected chi connectivity index (χ4v) is 2.38. The average molecular weight is 272 g/mol. The molecule has 1 heterocycles. The van der Waals surface area contributed by atoms with E-state index in [1.807, 2.05) is 0 Å². The van der Waals surface area contributed by atoms with Gasteiger partial charge in [-0.1, -0.05) is 25.6 Å². The van der Waals surface area contributed by atoms with Crippen LogP contribution in [0.15, 0.2) is 5.16 Å². The van der Waals surface area contributed by atoms with Gasteiger partial charge in [0, 0.05) is 18.9 Å². The highest BCUT2D eigenvalue weighted by molar-refractivity contribution is 7.99. The Morgan fingerprint density at radius 2 is 2.11 bits per heavy atom. The van der Waals surface area contributed by atoms with Gasteiger partial charge >= 0.3 is 0 Å². The number of hydrogen-bond donors (Lipinski definition) is 1. The molecular formula is C12H24N4OS. The minimum atomic E-state index is 0.437. The minimum absolute atomic E-state index is 0.437.